The molecule has 25 heavy (non-hydrogen) atoms. The molecule has 0 saturated carbocycles. The molecule has 5 nitrogen and oxygen atoms in total. The van der Waals surface area contributed by atoms with Crippen molar-refractivity contribution < 1.29 is 14.6 Å². The zero-order valence-corrected chi connectivity index (χ0v) is 15.4. The second-order valence-corrected chi connectivity index (χ2v) is 6.04. The van der Waals surface area contributed by atoms with E-state index < -0.39 is 5.91 Å². The van der Waals surface area contributed by atoms with Crippen molar-refractivity contribution in [2.24, 2.45) is 5.10 Å². The van der Waals surface area contributed by atoms with Crippen LogP contribution in [0.15, 0.2) is 58.6 Å². The fourth-order valence-electron chi connectivity index (χ4n) is 2.22. The summed E-state index contributed by atoms with van der Waals surface area (Å²) < 4.78 is 6.22. The summed E-state index contributed by atoms with van der Waals surface area (Å²) in [6.07, 6.45) is 3.66. The third kappa shape index (κ3) is 4.93. The van der Waals surface area contributed by atoms with Crippen LogP contribution in [0.3, 0.4) is 0 Å². The number of nitrogens with one attached hydrogen (secondary N) is 1. The van der Waals surface area contributed by atoms with E-state index in [1.54, 1.807) is 30.3 Å². The van der Waals surface area contributed by atoms with Gasteiger partial charge >= 0.3 is 0 Å². The number of para-hydroxylation sites is 1. The molecule has 0 spiro atoms. The van der Waals surface area contributed by atoms with Crippen LogP contribution in [-0.4, -0.2) is 23.8 Å². The van der Waals surface area contributed by atoms with Gasteiger partial charge in [-0.3, -0.25) is 4.79 Å². The van der Waals surface area contributed by atoms with Crippen molar-refractivity contribution >= 4 is 28.1 Å². The number of ether oxygens (including phenoxy) is 1. The van der Waals surface area contributed by atoms with Crippen molar-refractivity contribution in [3.8, 4) is 11.5 Å². The minimum Gasteiger partial charge on any atom is -0.507 e. The lowest BCUT2D eigenvalue weighted by molar-refractivity contribution is 0.0951. The van der Waals surface area contributed by atoms with Crippen molar-refractivity contribution in [3.63, 3.8) is 0 Å². The first kappa shape index (κ1) is 18.7. The first-order valence-electron chi connectivity index (χ1n) is 7.74. The Morgan fingerprint density at radius 1 is 1.40 bits per heavy atom. The average molecular weight is 403 g/mol. The maximum atomic E-state index is 12.3. The number of hydrogen-bond acceptors (Lipinski definition) is 4. The van der Waals surface area contributed by atoms with E-state index in [1.807, 2.05) is 19.1 Å². The highest BCUT2D eigenvalue weighted by Crippen LogP contribution is 2.24. The molecule has 0 heterocycles. The Labute approximate surface area is 155 Å². The topological polar surface area (TPSA) is 70.9 Å². The molecule has 1 amide bonds. The number of amides is 1. The van der Waals surface area contributed by atoms with Crippen molar-refractivity contribution in [1.29, 1.82) is 0 Å². The molecule has 0 atom stereocenters. The van der Waals surface area contributed by atoms with Crippen LogP contribution in [0, 0.1) is 0 Å². The molecular weight excluding hydrogens is 384 g/mol. The molecule has 0 aliphatic heterocycles. The van der Waals surface area contributed by atoms with E-state index in [2.05, 4.69) is 33.0 Å². The molecule has 0 radical (unpaired) electrons. The van der Waals surface area contributed by atoms with Crippen molar-refractivity contribution in [2.45, 2.75) is 13.3 Å². The van der Waals surface area contributed by atoms with E-state index in [9.17, 15) is 9.90 Å². The van der Waals surface area contributed by atoms with Gasteiger partial charge in [-0.25, -0.2) is 5.43 Å². The van der Waals surface area contributed by atoms with Gasteiger partial charge in [-0.05, 0) is 43.2 Å². The summed E-state index contributed by atoms with van der Waals surface area (Å²) in [5.74, 6) is 0.204. The second-order valence-electron chi connectivity index (χ2n) is 5.12. The number of hydrazone groups is 1. The van der Waals surface area contributed by atoms with Gasteiger partial charge in [0.25, 0.3) is 5.91 Å². The van der Waals surface area contributed by atoms with E-state index in [0.717, 1.165) is 10.0 Å². The van der Waals surface area contributed by atoms with Gasteiger partial charge in [-0.1, -0.05) is 34.1 Å². The molecule has 0 saturated heterocycles. The van der Waals surface area contributed by atoms with Crippen LogP contribution in [-0.2, 0) is 6.42 Å². The standard InChI is InChI=1S/C19H19BrN2O3/c1-3-6-13-7-5-8-14(18(13)23)12-21-22-19(24)16-11-15(20)9-10-17(16)25-4-2/h3,5,7-12,23H,1,4,6H2,2H3,(H,22,24)/b21-12-. The Morgan fingerprint density at radius 3 is 2.92 bits per heavy atom. The zero-order valence-electron chi connectivity index (χ0n) is 13.8. The molecule has 130 valence electrons. The van der Waals surface area contributed by atoms with Crippen molar-refractivity contribution in [2.75, 3.05) is 6.61 Å². The largest absolute Gasteiger partial charge is 0.507 e. The van der Waals surface area contributed by atoms with Gasteiger partial charge in [0, 0.05) is 10.0 Å². The minimum atomic E-state index is -0.400. The summed E-state index contributed by atoms with van der Waals surface area (Å²) >= 11 is 3.34. The number of carbonyl (C=O) groups excluding carboxylic acids is 1. The molecule has 6 heteroatoms. The highest BCUT2D eigenvalue weighted by Gasteiger charge is 2.12. The number of allylic oxidation sites excluding steroid dienone is 1. The number of nitrogens with zero attached hydrogens (tertiary/aromatic N) is 1. The summed E-state index contributed by atoms with van der Waals surface area (Å²) in [5, 5.41) is 14.1. The molecule has 2 rings (SSSR count). The monoisotopic (exact) mass is 402 g/mol. The zero-order chi connectivity index (χ0) is 18.2. The van der Waals surface area contributed by atoms with Gasteiger partial charge in [0.1, 0.15) is 11.5 Å². The molecule has 0 unspecified atom stereocenters. The molecule has 2 N–H and O–H groups in total. The van der Waals surface area contributed by atoms with Crippen LogP contribution in [0.5, 0.6) is 11.5 Å². The maximum absolute atomic E-state index is 12.3. The molecule has 0 fully saturated rings. The SMILES string of the molecule is C=CCc1cccc(/C=N\NC(=O)c2cc(Br)ccc2OCC)c1O. The number of benzene rings is 2. The second kappa shape index (κ2) is 9.03. The van der Waals surface area contributed by atoms with Gasteiger partial charge < -0.3 is 9.84 Å². The van der Waals surface area contributed by atoms with Gasteiger partial charge in [-0.15, -0.1) is 6.58 Å². The first-order chi connectivity index (χ1) is 12.1. The van der Waals surface area contributed by atoms with E-state index in [4.69, 9.17) is 4.74 Å². The number of aromatic hydroxyl groups is 1. The van der Waals surface area contributed by atoms with E-state index in [-0.39, 0.29) is 5.75 Å². The quantitative estimate of drug-likeness (QED) is 0.416. The number of rotatable bonds is 7. The van der Waals surface area contributed by atoms with Crippen LogP contribution >= 0.6 is 15.9 Å². The number of carbonyl (C=O) groups is 1. The smallest absolute Gasteiger partial charge is 0.275 e. The number of phenolic OH excluding ortho intramolecular Hbond substituents is 1. The lowest BCUT2D eigenvalue weighted by Crippen LogP contribution is -2.18. The maximum Gasteiger partial charge on any atom is 0.275 e. The van der Waals surface area contributed by atoms with Crippen molar-refractivity contribution in [1.82, 2.24) is 5.43 Å². The fourth-order valence-corrected chi connectivity index (χ4v) is 2.58. The molecule has 0 aliphatic rings. The van der Waals surface area contributed by atoms with E-state index in [1.165, 1.54) is 6.21 Å². The van der Waals surface area contributed by atoms with Crippen LogP contribution < -0.4 is 10.2 Å². The Morgan fingerprint density at radius 2 is 2.20 bits per heavy atom. The molecule has 0 bridgehead atoms. The van der Waals surface area contributed by atoms with E-state index >= 15 is 0 Å². The summed E-state index contributed by atoms with van der Waals surface area (Å²) in [7, 11) is 0. The fraction of sp³-hybridized carbons (Fsp3) is 0.158. The van der Waals surface area contributed by atoms with E-state index in [0.29, 0.717) is 29.9 Å². The van der Waals surface area contributed by atoms with Gasteiger partial charge in [0.05, 0.1) is 18.4 Å². The van der Waals surface area contributed by atoms with Crippen LogP contribution in [0.2, 0.25) is 0 Å². The first-order valence-corrected chi connectivity index (χ1v) is 8.53. The Kier molecular flexibility index (Phi) is 6.77. The normalized spacial score (nSPS) is 10.6. The molecule has 2 aromatic carbocycles. The molecule has 0 aliphatic carbocycles. The highest BCUT2D eigenvalue weighted by molar-refractivity contribution is 9.10. The summed E-state index contributed by atoms with van der Waals surface area (Å²) in [4.78, 5) is 12.3. The Balaban J connectivity index is 2.15. The predicted molar refractivity (Wildman–Crippen MR) is 102 cm³/mol. The van der Waals surface area contributed by atoms with Gasteiger partial charge in [-0.2, -0.15) is 5.10 Å². The van der Waals surface area contributed by atoms with Gasteiger partial charge in [0.2, 0.25) is 0 Å². The van der Waals surface area contributed by atoms with Crippen LogP contribution in [0.25, 0.3) is 0 Å². The minimum absolute atomic E-state index is 0.123. The summed E-state index contributed by atoms with van der Waals surface area (Å²) in [6, 6.07) is 10.5. The number of halogens is 1. The third-order valence-corrected chi connectivity index (χ3v) is 3.86. The van der Waals surface area contributed by atoms with Crippen LogP contribution in [0.1, 0.15) is 28.4 Å². The summed E-state index contributed by atoms with van der Waals surface area (Å²) in [5.41, 5.74) is 4.08. The number of phenols is 1. The molecule has 0 aromatic heterocycles. The Hall–Kier alpha value is -2.60. The van der Waals surface area contributed by atoms with Crippen LogP contribution in [0.4, 0.5) is 0 Å². The summed E-state index contributed by atoms with van der Waals surface area (Å²) in [6.45, 7) is 5.96. The van der Waals surface area contributed by atoms with Crippen molar-refractivity contribution in [3.05, 3.63) is 70.2 Å². The highest BCUT2D eigenvalue weighted by atomic mass is 79.9. The molecule has 2 aromatic rings. The predicted octanol–water partition coefficient (Wildman–Crippen LogP) is 4.05. The third-order valence-electron chi connectivity index (χ3n) is 3.37. The van der Waals surface area contributed by atoms with Gasteiger partial charge in [0.15, 0.2) is 0 Å². The molecular formula is C19H19BrN2O3. The number of hydrogen-bond donors (Lipinski definition) is 2. The Bertz CT molecular complexity index is 803. The lowest BCUT2D eigenvalue weighted by Gasteiger charge is -2.09. The average Bonchev–Trinajstić information content (AvgIpc) is 2.60. The lowest BCUT2D eigenvalue weighted by atomic mass is 10.1.